The van der Waals surface area contributed by atoms with Gasteiger partial charge in [0.2, 0.25) is 0 Å². The number of rotatable bonds is 1. The van der Waals surface area contributed by atoms with Crippen LogP contribution in [0.5, 0.6) is 0 Å². The van der Waals surface area contributed by atoms with Gasteiger partial charge in [0.15, 0.2) is 0 Å². The third kappa shape index (κ3) is 2.14. The second kappa shape index (κ2) is 5.32. The van der Waals surface area contributed by atoms with Crippen molar-refractivity contribution >= 4 is 10.8 Å². The number of benzene rings is 4. The summed E-state index contributed by atoms with van der Waals surface area (Å²) in [4.78, 5) is 0. The van der Waals surface area contributed by atoms with Crippen LogP contribution in [0.3, 0.4) is 0 Å². The molecule has 0 heteroatoms. The van der Waals surface area contributed by atoms with Crippen molar-refractivity contribution in [2.75, 3.05) is 0 Å². The highest BCUT2D eigenvalue weighted by Crippen LogP contribution is 2.41. The number of hydrogen-bond donors (Lipinski definition) is 0. The fourth-order valence-corrected chi connectivity index (χ4v) is 4.28. The van der Waals surface area contributed by atoms with Crippen LogP contribution in [0.15, 0.2) is 72.8 Å². The Hall–Kier alpha value is -2.86. The molecule has 25 heavy (non-hydrogen) atoms. The molecule has 0 bridgehead atoms. The minimum absolute atomic E-state index is 1.06. The summed E-state index contributed by atoms with van der Waals surface area (Å²) in [6.45, 7) is 4.44. The Kier molecular flexibility index (Phi) is 3.08. The summed E-state index contributed by atoms with van der Waals surface area (Å²) >= 11 is 0. The molecule has 0 aliphatic heterocycles. The molecule has 0 saturated carbocycles. The predicted octanol–water partition coefficient (Wildman–Crippen LogP) is 6.69. The molecule has 0 radical (unpaired) electrons. The van der Waals surface area contributed by atoms with Crippen molar-refractivity contribution in [2.45, 2.75) is 20.3 Å². The zero-order valence-electron chi connectivity index (χ0n) is 14.6. The van der Waals surface area contributed by atoms with Gasteiger partial charge in [-0.25, -0.2) is 0 Å². The Morgan fingerprint density at radius 3 is 2.48 bits per heavy atom. The van der Waals surface area contributed by atoms with Gasteiger partial charge in [-0.3, -0.25) is 0 Å². The standard InChI is InChI=1S/C25H20/c1-16-6-5-9-22-23(16)14-19-12-13-20(15-24(19)22)25-17(2)10-11-18-7-3-4-8-21(18)25/h3-13,15H,14H2,1-2H3. The highest BCUT2D eigenvalue weighted by Gasteiger charge is 2.20. The third-order valence-corrected chi connectivity index (χ3v) is 5.60. The van der Waals surface area contributed by atoms with E-state index in [4.69, 9.17) is 0 Å². The van der Waals surface area contributed by atoms with Gasteiger partial charge in [-0.05, 0) is 81.6 Å². The lowest BCUT2D eigenvalue weighted by molar-refractivity contribution is 1.22. The zero-order valence-corrected chi connectivity index (χ0v) is 14.6. The van der Waals surface area contributed by atoms with Gasteiger partial charge in [-0.1, -0.05) is 66.7 Å². The van der Waals surface area contributed by atoms with Crippen LogP contribution < -0.4 is 0 Å². The minimum atomic E-state index is 1.06. The van der Waals surface area contributed by atoms with E-state index in [1.165, 1.54) is 55.3 Å². The maximum absolute atomic E-state index is 2.40. The van der Waals surface area contributed by atoms with Crippen LogP contribution >= 0.6 is 0 Å². The van der Waals surface area contributed by atoms with Crippen LogP contribution in [0.1, 0.15) is 22.3 Å². The molecule has 0 atom stereocenters. The summed E-state index contributed by atoms with van der Waals surface area (Å²) in [6, 6.07) is 26.8. The number of hydrogen-bond acceptors (Lipinski definition) is 0. The number of aryl methyl sites for hydroxylation is 2. The third-order valence-electron chi connectivity index (χ3n) is 5.60. The molecule has 4 aromatic rings. The molecule has 4 aromatic carbocycles. The molecule has 0 saturated heterocycles. The van der Waals surface area contributed by atoms with E-state index in [9.17, 15) is 0 Å². The molecule has 5 rings (SSSR count). The minimum Gasteiger partial charge on any atom is -0.0616 e. The summed E-state index contributed by atoms with van der Waals surface area (Å²) in [7, 11) is 0. The van der Waals surface area contributed by atoms with Gasteiger partial charge >= 0.3 is 0 Å². The lowest BCUT2D eigenvalue weighted by Crippen LogP contribution is -1.88. The molecule has 0 aromatic heterocycles. The first kappa shape index (κ1) is 14.5. The number of fused-ring (bicyclic) bond motifs is 4. The van der Waals surface area contributed by atoms with E-state index in [1.807, 2.05) is 0 Å². The van der Waals surface area contributed by atoms with Crippen molar-refractivity contribution in [2.24, 2.45) is 0 Å². The molecular weight excluding hydrogens is 300 g/mol. The van der Waals surface area contributed by atoms with Crippen molar-refractivity contribution in [1.82, 2.24) is 0 Å². The van der Waals surface area contributed by atoms with Crippen molar-refractivity contribution in [3.8, 4) is 22.3 Å². The average molecular weight is 320 g/mol. The summed E-state index contributed by atoms with van der Waals surface area (Å²) in [5, 5.41) is 2.64. The molecular formula is C25H20. The average Bonchev–Trinajstić information content (AvgIpc) is 3.01. The summed E-state index contributed by atoms with van der Waals surface area (Å²) < 4.78 is 0. The first-order valence-corrected chi connectivity index (χ1v) is 8.93. The van der Waals surface area contributed by atoms with E-state index < -0.39 is 0 Å². The largest absolute Gasteiger partial charge is 0.0616 e. The quantitative estimate of drug-likeness (QED) is 0.322. The predicted molar refractivity (Wildman–Crippen MR) is 107 cm³/mol. The van der Waals surface area contributed by atoms with Crippen molar-refractivity contribution in [3.05, 3.63) is 95.1 Å². The van der Waals surface area contributed by atoms with Gasteiger partial charge in [0.1, 0.15) is 0 Å². The van der Waals surface area contributed by atoms with Crippen LogP contribution in [-0.2, 0) is 6.42 Å². The fourth-order valence-electron chi connectivity index (χ4n) is 4.28. The van der Waals surface area contributed by atoms with Crippen molar-refractivity contribution in [1.29, 1.82) is 0 Å². The Bertz CT molecular complexity index is 1130. The van der Waals surface area contributed by atoms with E-state index in [2.05, 4.69) is 86.6 Å². The Morgan fingerprint density at radius 1 is 0.680 bits per heavy atom. The normalized spacial score (nSPS) is 12.2. The second-order valence-electron chi connectivity index (χ2n) is 7.13. The van der Waals surface area contributed by atoms with E-state index in [0.29, 0.717) is 0 Å². The monoisotopic (exact) mass is 320 g/mol. The highest BCUT2D eigenvalue weighted by atomic mass is 14.2. The summed E-state index contributed by atoms with van der Waals surface area (Å²) in [5.74, 6) is 0. The topological polar surface area (TPSA) is 0 Å². The molecule has 0 fully saturated rings. The molecule has 0 N–H and O–H groups in total. The van der Waals surface area contributed by atoms with Crippen LogP contribution in [-0.4, -0.2) is 0 Å². The molecule has 0 spiro atoms. The van der Waals surface area contributed by atoms with Gasteiger partial charge in [0.25, 0.3) is 0 Å². The Labute approximate surface area is 148 Å². The lowest BCUT2D eigenvalue weighted by Gasteiger charge is -2.12. The van der Waals surface area contributed by atoms with Crippen molar-refractivity contribution in [3.63, 3.8) is 0 Å². The second-order valence-corrected chi connectivity index (χ2v) is 7.13. The molecule has 0 heterocycles. The summed E-state index contributed by atoms with van der Waals surface area (Å²) in [6.07, 6.45) is 1.06. The molecule has 0 amide bonds. The van der Waals surface area contributed by atoms with Crippen LogP contribution in [0.2, 0.25) is 0 Å². The van der Waals surface area contributed by atoms with E-state index >= 15 is 0 Å². The first-order valence-electron chi connectivity index (χ1n) is 8.93. The smallest absolute Gasteiger partial charge is 0.00108 e. The van der Waals surface area contributed by atoms with Gasteiger partial charge in [0.05, 0.1) is 0 Å². The van der Waals surface area contributed by atoms with Crippen molar-refractivity contribution < 1.29 is 0 Å². The molecule has 120 valence electrons. The van der Waals surface area contributed by atoms with E-state index in [1.54, 1.807) is 0 Å². The molecule has 0 nitrogen and oxygen atoms in total. The highest BCUT2D eigenvalue weighted by molar-refractivity contribution is 5.99. The van der Waals surface area contributed by atoms with Gasteiger partial charge in [-0.15, -0.1) is 0 Å². The van der Waals surface area contributed by atoms with Gasteiger partial charge in [0, 0.05) is 0 Å². The van der Waals surface area contributed by atoms with E-state index in [0.717, 1.165) is 6.42 Å². The Balaban J connectivity index is 1.77. The van der Waals surface area contributed by atoms with E-state index in [-0.39, 0.29) is 0 Å². The van der Waals surface area contributed by atoms with Crippen LogP contribution in [0.4, 0.5) is 0 Å². The van der Waals surface area contributed by atoms with Crippen LogP contribution in [0, 0.1) is 13.8 Å². The molecule has 0 unspecified atom stereocenters. The summed E-state index contributed by atoms with van der Waals surface area (Å²) in [5.41, 5.74) is 11.2. The van der Waals surface area contributed by atoms with Gasteiger partial charge in [-0.2, -0.15) is 0 Å². The first-order chi connectivity index (χ1) is 12.2. The maximum atomic E-state index is 2.40. The molecule has 1 aliphatic rings. The lowest BCUT2D eigenvalue weighted by atomic mass is 9.91. The van der Waals surface area contributed by atoms with Gasteiger partial charge < -0.3 is 0 Å². The zero-order chi connectivity index (χ0) is 17.0. The fraction of sp³-hybridized carbons (Fsp3) is 0.120. The molecule has 1 aliphatic carbocycles. The Morgan fingerprint density at radius 2 is 1.56 bits per heavy atom. The SMILES string of the molecule is Cc1cccc2c1Cc1ccc(-c3c(C)ccc4ccccc34)cc1-2. The maximum Gasteiger partial charge on any atom is -0.00108 e. The van der Waals surface area contributed by atoms with Crippen LogP contribution in [0.25, 0.3) is 33.0 Å².